The third-order valence-corrected chi connectivity index (χ3v) is 5.35. The first kappa shape index (κ1) is 17.8. The fourth-order valence-corrected chi connectivity index (χ4v) is 3.87. The predicted octanol–water partition coefficient (Wildman–Crippen LogP) is 3.09. The summed E-state index contributed by atoms with van der Waals surface area (Å²) in [6.45, 7) is 3.93. The van der Waals surface area contributed by atoms with E-state index in [1.165, 1.54) is 16.2 Å². The minimum atomic E-state index is -1.06. The van der Waals surface area contributed by atoms with Crippen molar-refractivity contribution in [2.75, 3.05) is 13.1 Å². The van der Waals surface area contributed by atoms with Gasteiger partial charge in [0.1, 0.15) is 9.88 Å². The highest BCUT2D eigenvalue weighted by Crippen LogP contribution is 2.30. The van der Waals surface area contributed by atoms with Crippen LogP contribution in [0.3, 0.4) is 0 Å². The molecule has 6 nitrogen and oxygen atoms in total. The van der Waals surface area contributed by atoms with Crippen molar-refractivity contribution >= 4 is 34.8 Å². The van der Waals surface area contributed by atoms with Gasteiger partial charge in [0.25, 0.3) is 5.91 Å². The Labute approximate surface area is 154 Å². The number of thiazole rings is 1. The zero-order chi connectivity index (χ0) is 18.1. The lowest BCUT2D eigenvalue weighted by molar-refractivity contribution is -0.160. The van der Waals surface area contributed by atoms with E-state index in [2.05, 4.69) is 4.98 Å². The molecule has 0 saturated carbocycles. The molecule has 1 N–H and O–H groups in total. The van der Waals surface area contributed by atoms with E-state index >= 15 is 0 Å². The molecule has 2 heterocycles. The number of carbonyl (C=O) groups excluding carboxylic acids is 1. The molecule has 0 radical (unpaired) electrons. The number of carboxylic acids is 1. The van der Waals surface area contributed by atoms with Crippen molar-refractivity contribution in [1.82, 2.24) is 9.88 Å². The number of morpholine rings is 1. The molecule has 1 aromatic heterocycles. The molecule has 3 rings (SSSR count). The first-order valence-electron chi connectivity index (χ1n) is 7.76. The second-order valence-corrected chi connectivity index (χ2v) is 7.36. The summed E-state index contributed by atoms with van der Waals surface area (Å²) >= 11 is 7.20. The molecule has 2 aromatic rings. The molecular formula is C17H17ClN2O4S. The van der Waals surface area contributed by atoms with Crippen LogP contribution in [-0.4, -0.2) is 52.2 Å². The smallest absolute Gasteiger partial charge is 0.334 e. The molecular weight excluding hydrogens is 364 g/mol. The zero-order valence-electron chi connectivity index (χ0n) is 13.7. The van der Waals surface area contributed by atoms with E-state index in [0.717, 1.165) is 10.6 Å². The number of benzene rings is 1. The van der Waals surface area contributed by atoms with Crippen molar-refractivity contribution in [1.29, 1.82) is 0 Å². The Hall–Kier alpha value is -1.96. The Morgan fingerprint density at radius 2 is 2.00 bits per heavy atom. The van der Waals surface area contributed by atoms with Gasteiger partial charge in [-0.3, -0.25) is 4.79 Å². The summed E-state index contributed by atoms with van der Waals surface area (Å²) in [6.07, 6.45) is -1.33. The van der Waals surface area contributed by atoms with E-state index in [9.17, 15) is 14.7 Å². The van der Waals surface area contributed by atoms with E-state index in [-0.39, 0.29) is 18.6 Å². The second kappa shape index (κ2) is 7.11. The summed E-state index contributed by atoms with van der Waals surface area (Å²) < 4.78 is 5.36. The number of hydrogen-bond donors (Lipinski definition) is 1. The number of aryl methyl sites for hydroxylation is 1. The molecule has 1 saturated heterocycles. The van der Waals surface area contributed by atoms with Crippen molar-refractivity contribution < 1.29 is 19.4 Å². The van der Waals surface area contributed by atoms with Gasteiger partial charge in [-0.25, -0.2) is 9.78 Å². The number of ether oxygens (including phenoxy) is 1. The Kier molecular flexibility index (Phi) is 5.08. The van der Waals surface area contributed by atoms with Crippen molar-refractivity contribution in [2.24, 2.45) is 0 Å². The van der Waals surface area contributed by atoms with E-state index in [0.29, 0.717) is 22.1 Å². The number of amides is 1. The summed E-state index contributed by atoms with van der Waals surface area (Å²) in [5.41, 5.74) is 1.52. The number of carboxylic acid groups (broad SMARTS) is 1. The Bertz CT molecular complexity index is 805. The predicted molar refractivity (Wildman–Crippen MR) is 95.2 cm³/mol. The van der Waals surface area contributed by atoms with Crippen LogP contribution in [0.2, 0.25) is 5.02 Å². The lowest BCUT2D eigenvalue weighted by atomic mass is 10.2. The van der Waals surface area contributed by atoms with Gasteiger partial charge >= 0.3 is 5.97 Å². The first-order chi connectivity index (χ1) is 11.8. The number of hydrogen-bond acceptors (Lipinski definition) is 5. The Balaban J connectivity index is 1.85. The van der Waals surface area contributed by atoms with E-state index in [1.54, 1.807) is 26.0 Å². The maximum absolute atomic E-state index is 12.9. The molecule has 1 unspecified atom stereocenters. The molecule has 0 bridgehead atoms. The van der Waals surface area contributed by atoms with Crippen LogP contribution in [0.1, 0.15) is 22.3 Å². The zero-order valence-corrected chi connectivity index (χ0v) is 15.3. The minimum absolute atomic E-state index is 0.0339. The quantitative estimate of drug-likeness (QED) is 0.885. The molecule has 1 aliphatic heterocycles. The highest BCUT2D eigenvalue weighted by Gasteiger charge is 2.34. The standard InChI is InChI=1S/C17H17ClN2O4S/c1-9-7-20(8-13(24-9)17(22)23)16(21)14-10(2)19-15(25-14)11-3-5-12(18)6-4-11/h3-6,9,13H,7-8H2,1-2H3,(H,22,23)/t9-,13?/m1/s1. The second-order valence-electron chi connectivity index (χ2n) is 5.92. The van der Waals surface area contributed by atoms with Gasteiger partial charge in [-0.2, -0.15) is 0 Å². The molecule has 1 amide bonds. The van der Waals surface area contributed by atoms with E-state index < -0.39 is 12.1 Å². The van der Waals surface area contributed by atoms with E-state index in [1.807, 2.05) is 12.1 Å². The lowest BCUT2D eigenvalue weighted by Gasteiger charge is -2.34. The van der Waals surface area contributed by atoms with Gasteiger partial charge in [-0.15, -0.1) is 11.3 Å². The van der Waals surface area contributed by atoms with Crippen LogP contribution in [0.15, 0.2) is 24.3 Å². The molecule has 25 heavy (non-hydrogen) atoms. The van der Waals surface area contributed by atoms with Crippen LogP contribution >= 0.6 is 22.9 Å². The van der Waals surface area contributed by atoms with Crippen LogP contribution < -0.4 is 0 Å². The summed E-state index contributed by atoms with van der Waals surface area (Å²) in [5, 5.41) is 10.5. The van der Waals surface area contributed by atoms with E-state index in [4.69, 9.17) is 16.3 Å². The average molecular weight is 381 g/mol. The number of rotatable bonds is 3. The lowest BCUT2D eigenvalue weighted by Crippen LogP contribution is -2.51. The molecule has 1 aromatic carbocycles. The molecule has 0 aliphatic carbocycles. The third kappa shape index (κ3) is 3.84. The Morgan fingerprint density at radius 3 is 2.64 bits per heavy atom. The van der Waals surface area contributed by atoms with Crippen molar-refractivity contribution in [3.8, 4) is 10.6 Å². The first-order valence-corrected chi connectivity index (χ1v) is 8.95. The van der Waals surface area contributed by atoms with Crippen LogP contribution in [0.5, 0.6) is 0 Å². The summed E-state index contributed by atoms with van der Waals surface area (Å²) in [7, 11) is 0. The molecule has 1 fully saturated rings. The SMILES string of the molecule is Cc1nc(-c2ccc(Cl)cc2)sc1C(=O)N1CC(C(=O)O)O[C@H](C)C1. The maximum atomic E-state index is 12.9. The summed E-state index contributed by atoms with van der Waals surface area (Å²) in [4.78, 5) is 30.6. The number of halogens is 1. The van der Waals surface area contributed by atoms with Gasteiger partial charge in [-0.1, -0.05) is 23.7 Å². The van der Waals surface area contributed by atoms with Crippen LogP contribution in [-0.2, 0) is 9.53 Å². The fraction of sp³-hybridized carbons (Fsp3) is 0.353. The minimum Gasteiger partial charge on any atom is -0.479 e. The maximum Gasteiger partial charge on any atom is 0.334 e. The van der Waals surface area contributed by atoms with Crippen molar-refractivity contribution in [3.05, 3.63) is 39.9 Å². The van der Waals surface area contributed by atoms with Gasteiger partial charge in [0.05, 0.1) is 18.3 Å². The molecule has 132 valence electrons. The monoisotopic (exact) mass is 380 g/mol. The number of aliphatic carboxylic acids is 1. The van der Waals surface area contributed by atoms with Crippen LogP contribution in [0, 0.1) is 6.92 Å². The average Bonchev–Trinajstić information content (AvgIpc) is 2.96. The van der Waals surface area contributed by atoms with Gasteiger partial charge in [-0.05, 0) is 26.0 Å². The molecule has 8 heteroatoms. The van der Waals surface area contributed by atoms with Gasteiger partial charge < -0.3 is 14.7 Å². The van der Waals surface area contributed by atoms with Crippen LogP contribution in [0.25, 0.3) is 10.6 Å². The highest BCUT2D eigenvalue weighted by molar-refractivity contribution is 7.17. The summed E-state index contributed by atoms with van der Waals surface area (Å²) in [5.74, 6) is -1.27. The van der Waals surface area contributed by atoms with Crippen LogP contribution in [0.4, 0.5) is 0 Å². The molecule has 0 spiro atoms. The third-order valence-electron chi connectivity index (χ3n) is 3.90. The van der Waals surface area contributed by atoms with Gasteiger partial charge in [0.15, 0.2) is 6.10 Å². The largest absolute Gasteiger partial charge is 0.479 e. The molecule has 1 aliphatic rings. The fourth-order valence-electron chi connectivity index (χ4n) is 2.71. The number of carbonyl (C=O) groups is 2. The van der Waals surface area contributed by atoms with Gasteiger partial charge in [0, 0.05) is 17.1 Å². The highest BCUT2D eigenvalue weighted by atomic mass is 35.5. The number of nitrogens with zero attached hydrogens (tertiary/aromatic N) is 2. The van der Waals surface area contributed by atoms with Crippen molar-refractivity contribution in [2.45, 2.75) is 26.1 Å². The normalized spacial score (nSPS) is 20.5. The Morgan fingerprint density at radius 1 is 1.32 bits per heavy atom. The van der Waals surface area contributed by atoms with Crippen molar-refractivity contribution in [3.63, 3.8) is 0 Å². The topological polar surface area (TPSA) is 79.7 Å². The number of aromatic nitrogens is 1. The van der Waals surface area contributed by atoms with Gasteiger partial charge in [0.2, 0.25) is 0 Å². The molecule has 2 atom stereocenters. The summed E-state index contributed by atoms with van der Waals surface area (Å²) in [6, 6.07) is 7.25.